The molecule has 18 heavy (non-hydrogen) atoms. The highest BCUT2D eigenvalue weighted by Crippen LogP contribution is 2.22. The predicted molar refractivity (Wildman–Crippen MR) is 62.7 cm³/mol. The summed E-state index contributed by atoms with van der Waals surface area (Å²) in [4.78, 5) is 0. The summed E-state index contributed by atoms with van der Waals surface area (Å²) in [6.45, 7) is 1.36. The van der Waals surface area contributed by atoms with Gasteiger partial charge in [-0.3, -0.25) is 0 Å². The van der Waals surface area contributed by atoms with Crippen molar-refractivity contribution in [3.8, 4) is 0 Å². The van der Waals surface area contributed by atoms with E-state index in [1.165, 1.54) is 6.92 Å². The van der Waals surface area contributed by atoms with Gasteiger partial charge in [0.2, 0.25) is 0 Å². The van der Waals surface area contributed by atoms with Crippen LogP contribution in [0, 0.1) is 0 Å². The van der Waals surface area contributed by atoms with Gasteiger partial charge in [0, 0.05) is 11.1 Å². The second-order valence-corrected chi connectivity index (χ2v) is 5.94. The molecule has 0 amide bonds. The highest BCUT2D eigenvalue weighted by atomic mass is 35.5. The van der Waals surface area contributed by atoms with E-state index in [4.69, 9.17) is 11.6 Å². The molecule has 0 aliphatic carbocycles. The summed E-state index contributed by atoms with van der Waals surface area (Å²) in [5, 5.41) is 0.502. The summed E-state index contributed by atoms with van der Waals surface area (Å²) in [7, 11) is -5.30. The first-order chi connectivity index (χ1) is 8.12. The average Bonchev–Trinajstić information content (AvgIpc) is 2.19. The zero-order chi connectivity index (χ0) is 14.0. The van der Waals surface area contributed by atoms with E-state index in [0.717, 1.165) is 0 Å². The number of hydrogen-bond acceptors (Lipinski definition) is 2. The summed E-state index contributed by atoms with van der Waals surface area (Å²) < 4.78 is 59.6. The van der Waals surface area contributed by atoms with Crippen molar-refractivity contribution >= 4 is 21.6 Å². The number of halogens is 4. The zero-order valence-electron chi connectivity index (χ0n) is 9.33. The third-order valence-electron chi connectivity index (χ3n) is 2.12. The lowest BCUT2D eigenvalue weighted by Gasteiger charge is -2.15. The molecule has 1 aromatic carbocycles. The number of hydrogen-bond donors (Lipinski definition) is 1. The lowest BCUT2D eigenvalue weighted by molar-refractivity contribution is -0.0450. The van der Waals surface area contributed by atoms with E-state index < -0.39 is 21.6 Å². The Morgan fingerprint density at radius 2 is 1.78 bits per heavy atom. The van der Waals surface area contributed by atoms with Crippen LogP contribution in [0.4, 0.5) is 13.2 Å². The Morgan fingerprint density at radius 1 is 1.28 bits per heavy atom. The standard InChI is InChI=1S/C10H11ClF3NO2S/c1-7(15-18(16,17)10(12,13)14)6-8-2-4-9(11)5-3-8/h2-5,7,15H,6H2,1H3/t7-/m1/s1. The highest BCUT2D eigenvalue weighted by Gasteiger charge is 2.46. The SMILES string of the molecule is C[C@H](Cc1ccc(Cl)cc1)NS(=O)(=O)C(F)(F)F. The summed E-state index contributed by atoms with van der Waals surface area (Å²) >= 11 is 5.65. The fourth-order valence-electron chi connectivity index (χ4n) is 1.35. The fourth-order valence-corrected chi connectivity index (χ4v) is 2.22. The largest absolute Gasteiger partial charge is 0.511 e. The van der Waals surface area contributed by atoms with Crippen LogP contribution in [0.25, 0.3) is 0 Å². The quantitative estimate of drug-likeness (QED) is 0.929. The van der Waals surface area contributed by atoms with Gasteiger partial charge >= 0.3 is 15.5 Å². The Kier molecular flexibility index (Phi) is 4.63. The summed E-state index contributed by atoms with van der Waals surface area (Å²) in [6, 6.07) is 5.56. The Hall–Kier alpha value is -0.790. The van der Waals surface area contributed by atoms with E-state index in [1.807, 2.05) is 0 Å². The second kappa shape index (κ2) is 5.46. The molecule has 1 rings (SSSR count). The first-order valence-electron chi connectivity index (χ1n) is 4.95. The first-order valence-corrected chi connectivity index (χ1v) is 6.81. The average molecular weight is 302 g/mol. The highest BCUT2D eigenvalue weighted by molar-refractivity contribution is 7.90. The van der Waals surface area contributed by atoms with Gasteiger partial charge in [-0.15, -0.1) is 0 Å². The van der Waals surface area contributed by atoms with Gasteiger partial charge in [-0.1, -0.05) is 23.7 Å². The van der Waals surface area contributed by atoms with Crippen LogP contribution < -0.4 is 4.72 Å². The van der Waals surface area contributed by atoms with E-state index >= 15 is 0 Å². The number of sulfonamides is 1. The summed E-state index contributed by atoms with van der Waals surface area (Å²) in [5.74, 6) is 0. The Bertz CT molecular complexity index is 499. The van der Waals surface area contributed by atoms with Crippen LogP contribution in [-0.4, -0.2) is 20.0 Å². The van der Waals surface area contributed by atoms with Gasteiger partial charge in [-0.05, 0) is 31.0 Å². The van der Waals surface area contributed by atoms with E-state index in [1.54, 1.807) is 29.0 Å². The minimum absolute atomic E-state index is 0.145. The van der Waals surface area contributed by atoms with Crippen LogP contribution in [0.1, 0.15) is 12.5 Å². The minimum atomic E-state index is -5.30. The molecule has 0 unspecified atom stereocenters. The molecule has 0 spiro atoms. The van der Waals surface area contributed by atoms with E-state index in [-0.39, 0.29) is 6.42 Å². The third kappa shape index (κ3) is 4.15. The van der Waals surface area contributed by atoms with E-state index in [0.29, 0.717) is 10.6 Å². The number of nitrogens with one attached hydrogen (secondary N) is 1. The van der Waals surface area contributed by atoms with Crippen LogP contribution in [-0.2, 0) is 16.4 Å². The molecular weight excluding hydrogens is 291 g/mol. The topological polar surface area (TPSA) is 46.2 Å². The van der Waals surface area contributed by atoms with Gasteiger partial charge in [0.15, 0.2) is 0 Å². The molecule has 0 bridgehead atoms. The molecule has 0 aliphatic rings. The van der Waals surface area contributed by atoms with E-state index in [9.17, 15) is 21.6 Å². The maximum absolute atomic E-state index is 12.1. The molecule has 0 aliphatic heterocycles. The zero-order valence-corrected chi connectivity index (χ0v) is 10.9. The van der Waals surface area contributed by atoms with Crippen molar-refractivity contribution in [1.29, 1.82) is 0 Å². The van der Waals surface area contributed by atoms with Crippen molar-refractivity contribution in [1.82, 2.24) is 4.72 Å². The van der Waals surface area contributed by atoms with Gasteiger partial charge in [-0.2, -0.15) is 13.2 Å². The molecule has 0 aromatic heterocycles. The van der Waals surface area contributed by atoms with Crippen LogP contribution in [0.5, 0.6) is 0 Å². The van der Waals surface area contributed by atoms with Crippen molar-refractivity contribution in [3.63, 3.8) is 0 Å². The molecule has 1 aromatic rings. The maximum Gasteiger partial charge on any atom is 0.511 e. The normalized spacial score (nSPS) is 14.5. The molecule has 0 saturated carbocycles. The van der Waals surface area contributed by atoms with E-state index in [2.05, 4.69) is 0 Å². The van der Waals surface area contributed by atoms with Crippen molar-refractivity contribution in [3.05, 3.63) is 34.9 Å². The third-order valence-corrected chi connectivity index (χ3v) is 3.69. The Balaban J connectivity index is 2.68. The van der Waals surface area contributed by atoms with Crippen LogP contribution in [0.2, 0.25) is 5.02 Å². The minimum Gasteiger partial charge on any atom is -0.204 e. The molecule has 1 atom stereocenters. The molecule has 1 N–H and O–H groups in total. The molecular formula is C10H11ClF3NO2S. The molecule has 0 heterocycles. The van der Waals surface area contributed by atoms with Gasteiger partial charge in [0.05, 0.1) is 0 Å². The van der Waals surface area contributed by atoms with Gasteiger partial charge in [0.1, 0.15) is 0 Å². The van der Waals surface area contributed by atoms with Crippen LogP contribution in [0.15, 0.2) is 24.3 Å². The second-order valence-electron chi connectivity index (χ2n) is 3.80. The Morgan fingerprint density at radius 3 is 2.22 bits per heavy atom. The molecule has 0 saturated heterocycles. The predicted octanol–water partition coefficient (Wildman–Crippen LogP) is 2.71. The van der Waals surface area contributed by atoms with Gasteiger partial charge in [-0.25, -0.2) is 13.1 Å². The number of alkyl halides is 3. The molecule has 102 valence electrons. The fraction of sp³-hybridized carbons (Fsp3) is 0.400. The maximum atomic E-state index is 12.1. The summed E-state index contributed by atoms with van der Waals surface area (Å²) in [5.41, 5.74) is -4.60. The Labute approximate surface area is 108 Å². The number of rotatable bonds is 4. The monoisotopic (exact) mass is 301 g/mol. The molecule has 3 nitrogen and oxygen atoms in total. The molecule has 0 fully saturated rings. The van der Waals surface area contributed by atoms with Crippen molar-refractivity contribution in [2.24, 2.45) is 0 Å². The lowest BCUT2D eigenvalue weighted by atomic mass is 10.1. The lowest BCUT2D eigenvalue weighted by Crippen LogP contribution is -2.42. The smallest absolute Gasteiger partial charge is 0.204 e. The van der Waals surface area contributed by atoms with Gasteiger partial charge in [0.25, 0.3) is 0 Å². The first kappa shape index (κ1) is 15.3. The van der Waals surface area contributed by atoms with Crippen molar-refractivity contribution in [2.75, 3.05) is 0 Å². The molecule has 8 heteroatoms. The van der Waals surface area contributed by atoms with Crippen molar-refractivity contribution < 1.29 is 21.6 Å². The summed E-state index contributed by atoms with van der Waals surface area (Å²) in [6.07, 6.45) is 0.145. The number of benzene rings is 1. The van der Waals surface area contributed by atoms with Crippen LogP contribution in [0.3, 0.4) is 0 Å². The molecule has 0 radical (unpaired) electrons. The van der Waals surface area contributed by atoms with Crippen molar-refractivity contribution in [2.45, 2.75) is 24.9 Å². The van der Waals surface area contributed by atoms with Crippen LogP contribution >= 0.6 is 11.6 Å². The van der Waals surface area contributed by atoms with Gasteiger partial charge < -0.3 is 0 Å².